The highest BCUT2D eigenvalue weighted by atomic mass is 16.1. The van der Waals surface area contributed by atoms with Crippen molar-refractivity contribution in [2.45, 2.75) is 0 Å². The summed E-state index contributed by atoms with van der Waals surface area (Å²) in [6.45, 7) is 0. The molecule has 4 aromatic heterocycles. The second kappa shape index (κ2) is 12.2. The number of rotatable bonds is 4. The van der Waals surface area contributed by atoms with Gasteiger partial charge in [-0.3, -0.25) is 19.2 Å². The van der Waals surface area contributed by atoms with Crippen molar-refractivity contribution in [2.24, 2.45) is 0 Å². The summed E-state index contributed by atoms with van der Waals surface area (Å²) in [4.78, 5) is 59.7. The van der Waals surface area contributed by atoms with Gasteiger partial charge in [0.1, 0.15) is 0 Å². The smallest absolute Gasteiger partial charge is 0.197 e. The summed E-state index contributed by atoms with van der Waals surface area (Å²) in [7, 11) is 0. The van der Waals surface area contributed by atoms with Crippen molar-refractivity contribution in [3.05, 3.63) is 217 Å². The van der Waals surface area contributed by atoms with Gasteiger partial charge >= 0.3 is 0 Å². The van der Waals surface area contributed by atoms with Gasteiger partial charge in [0.2, 0.25) is 0 Å². The molecule has 0 saturated carbocycles. The molecule has 7 heteroatoms. The largest absolute Gasteiger partial charge is 0.310 e. The standard InChI is InChI=1S/C52H29N3O4/c56-49-34-16-5-11-24-45(34)55-46-29-31(25-26-37(46)50(57)39-20-12-19-38(49)47(39)55)53(42-21-8-4-15-33(42)30-13-2-1-3-14-30)32-27-40-48-41(28-32)52(59)36-18-7-10-23-44(36)54(48)43-22-9-6-17-35(43)51(40)58/h1-29H. The van der Waals surface area contributed by atoms with Gasteiger partial charge < -0.3 is 13.7 Å². The lowest BCUT2D eigenvalue weighted by atomic mass is 9.99. The van der Waals surface area contributed by atoms with Gasteiger partial charge in [0.05, 0.1) is 38.8 Å². The average molecular weight is 760 g/mol. The Hall–Kier alpha value is -8.16. The molecule has 0 spiro atoms. The van der Waals surface area contributed by atoms with Crippen LogP contribution in [0.2, 0.25) is 0 Å². The fraction of sp³-hybridized carbons (Fsp3) is 0. The van der Waals surface area contributed by atoms with Gasteiger partial charge in [-0.1, -0.05) is 91.0 Å². The topological polar surface area (TPSA) is 80.3 Å². The third kappa shape index (κ3) is 4.52. The lowest BCUT2D eigenvalue weighted by molar-refractivity contribution is 1.26. The zero-order valence-electron chi connectivity index (χ0n) is 31.2. The van der Waals surface area contributed by atoms with Crippen LogP contribution in [-0.4, -0.2) is 8.80 Å². The molecule has 59 heavy (non-hydrogen) atoms. The maximum Gasteiger partial charge on any atom is 0.197 e. The van der Waals surface area contributed by atoms with Crippen LogP contribution in [0.25, 0.3) is 87.3 Å². The van der Waals surface area contributed by atoms with Crippen LogP contribution in [0.5, 0.6) is 0 Å². The first-order valence-electron chi connectivity index (χ1n) is 19.4. The number of nitrogens with zero attached hydrogens (tertiary/aromatic N) is 3. The quantitative estimate of drug-likeness (QED) is 0.132. The Kier molecular flexibility index (Phi) is 6.81. The third-order valence-corrected chi connectivity index (χ3v) is 11.9. The first kappa shape index (κ1) is 33.0. The maximum absolute atomic E-state index is 14.7. The van der Waals surface area contributed by atoms with E-state index in [1.54, 1.807) is 18.2 Å². The molecule has 0 bridgehead atoms. The Morgan fingerprint density at radius 2 is 0.763 bits per heavy atom. The molecule has 12 aromatic rings. The summed E-state index contributed by atoms with van der Waals surface area (Å²) in [5, 5.41) is 3.89. The van der Waals surface area contributed by atoms with Crippen LogP contribution < -0.4 is 26.6 Å². The highest BCUT2D eigenvalue weighted by molar-refractivity contribution is 6.11. The number of fused-ring (bicyclic) bond motifs is 8. The SMILES string of the molecule is O=c1c2ccccc2n2c3ccccc3c(=O)c3cc(N(c4ccc5c(=O)c6cccc7c(=O)c8ccccc8n(c5c4)c76)c4ccccc4-c4ccccc4)cc1c32. The molecule has 0 amide bonds. The Morgan fingerprint density at radius 3 is 1.36 bits per heavy atom. The van der Waals surface area contributed by atoms with Crippen molar-refractivity contribution in [2.75, 3.05) is 4.90 Å². The van der Waals surface area contributed by atoms with Gasteiger partial charge in [0.25, 0.3) is 0 Å². The first-order valence-corrected chi connectivity index (χ1v) is 19.4. The summed E-state index contributed by atoms with van der Waals surface area (Å²) in [6, 6.07) is 55.5. The van der Waals surface area contributed by atoms with Crippen LogP contribution in [0.1, 0.15) is 0 Å². The normalized spacial score (nSPS) is 12.0. The van der Waals surface area contributed by atoms with E-state index in [0.717, 1.165) is 27.8 Å². The van der Waals surface area contributed by atoms with Gasteiger partial charge in [0, 0.05) is 60.0 Å². The molecule has 8 aromatic carbocycles. The second-order valence-electron chi connectivity index (χ2n) is 15.1. The molecular formula is C52H29N3O4. The average Bonchev–Trinajstić information content (AvgIpc) is 3.29. The van der Waals surface area contributed by atoms with E-state index in [4.69, 9.17) is 0 Å². The molecule has 0 saturated heterocycles. The van der Waals surface area contributed by atoms with Crippen molar-refractivity contribution in [1.82, 2.24) is 8.80 Å². The number of anilines is 3. The Morgan fingerprint density at radius 1 is 0.322 bits per heavy atom. The van der Waals surface area contributed by atoms with Crippen molar-refractivity contribution >= 4 is 93.3 Å². The fourth-order valence-corrected chi connectivity index (χ4v) is 9.38. The fourth-order valence-electron chi connectivity index (χ4n) is 9.38. The van der Waals surface area contributed by atoms with Crippen LogP contribution >= 0.6 is 0 Å². The maximum atomic E-state index is 14.7. The van der Waals surface area contributed by atoms with E-state index in [2.05, 4.69) is 23.1 Å². The van der Waals surface area contributed by atoms with Gasteiger partial charge in [0.15, 0.2) is 21.7 Å². The van der Waals surface area contributed by atoms with Crippen molar-refractivity contribution < 1.29 is 0 Å². The Labute approximate surface area is 333 Å². The van der Waals surface area contributed by atoms with E-state index in [1.807, 2.05) is 148 Å². The molecule has 0 atom stereocenters. The Bertz CT molecular complexity index is 3890. The number of para-hydroxylation sites is 5. The molecule has 0 aliphatic rings. The van der Waals surface area contributed by atoms with Crippen molar-refractivity contribution in [1.29, 1.82) is 0 Å². The summed E-state index contributed by atoms with van der Waals surface area (Å²) in [5.74, 6) is 0. The van der Waals surface area contributed by atoms with E-state index in [0.29, 0.717) is 76.5 Å². The van der Waals surface area contributed by atoms with Crippen molar-refractivity contribution in [3.8, 4) is 11.1 Å². The van der Waals surface area contributed by atoms with Crippen LogP contribution in [0.3, 0.4) is 0 Å². The minimum Gasteiger partial charge on any atom is -0.310 e. The monoisotopic (exact) mass is 759 g/mol. The lowest BCUT2D eigenvalue weighted by Crippen LogP contribution is -2.17. The van der Waals surface area contributed by atoms with Crippen LogP contribution in [-0.2, 0) is 0 Å². The molecule has 0 N–H and O–H groups in total. The van der Waals surface area contributed by atoms with Crippen molar-refractivity contribution in [3.63, 3.8) is 0 Å². The van der Waals surface area contributed by atoms with E-state index >= 15 is 0 Å². The number of benzene rings is 8. The highest BCUT2D eigenvalue weighted by Gasteiger charge is 2.24. The van der Waals surface area contributed by atoms with Crippen LogP contribution in [0.15, 0.2) is 195 Å². The predicted octanol–water partition coefficient (Wildman–Crippen LogP) is 10.6. The molecule has 0 radical (unpaired) electrons. The van der Waals surface area contributed by atoms with Gasteiger partial charge in [-0.2, -0.15) is 0 Å². The van der Waals surface area contributed by atoms with Gasteiger partial charge in [-0.05, 0) is 90.5 Å². The minimum absolute atomic E-state index is 0.130. The molecule has 12 rings (SSSR count). The molecular weight excluding hydrogens is 731 g/mol. The first-order chi connectivity index (χ1) is 29.0. The van der Waals surface area contributed by atoms with E-state index in [1.165, 1.54) is 0 Å². The lowest BCUT2D eigenvalue weighted by Gasteiger charge is -2.29. The van der Waals surface area contributed by atoms with E-state index in [-0.39, 0.29) is 21.7 Å². The summed E-state index contributed by atoms with van der Waals surface area (Å²) in [5.41, 5.74) is 7.22. The highest BCUT2D eigenvalue weighted by Crippen LogP contribution is 2.43. The molecule has 0 unspecified atom stereocenters. The molecule has 276 valence electrons. The number of hydrogen-bond acceptors (Lipinski definition) is 5. The van der Waals surface area contributed by atoms with Gasteiger partial charge in [-0.15, -0.1) is 0 Å². The Balaban J connectivity index is 1.26. The molecule has 0 aliphatic heterocycles. The number of pyridine rings is 4. The molecule has 0 aliphatic carbocycles. The molecule has 4 heterocycles. The number of hydrogen-bond donors (Lipinski definition) is 0. The molecule has 0 fully saturated rings. The second-order valence-corrected chi connectivity index (χ2v) is 15.1. The summed E-state index contributed by atoms with van der Waals surface area (Å²) >= 11 is 0. The minimum atomic E-state index is -0.173. The number of aromatic nitrogens is 2. The van der Waals surface area contributed by atoms with E-state index < -0.39 is 0 Å². The zero-order chi connectivity index (χ0) is 39.5. The predicted molar refractivity (Wildman–Crippen MR) is 241 cm³/mol. The summed E-state index contributed by atoms with van der Waals surface area (Å²) in [6.07, 6.45) is 0. The van der Waals surface area contributed by atoms with Crippen LogP contribution in [0.4, 0.5) is 17.1 Å². The van der Waals surface area contributed by atoms with Gasteiger partial charge in [-0.25, -0.2) is 0 Å². The van der Waals surface area contributed by atoms with Crippen LogP contribution in [0, 0.1) is 0 Å². The van der Waals surface area contributed by atoms with E-state index in [9.17, 15) is 19.2 Å². The third-order valence-electron chi connectivity index (χ3n) is 11.9. The molecule has 7 nitrogen and oxygen atoms in total. The summed E-state index contributed by atoms with van der Waals surface area (Å²) < 4.78 is 4.07. The zero-order valence-corrected chi connectivity index (χ0v) is 31.2.